The van der Waals surface area contributed by atoms with Crippen molar-refractivity contribution in [3.63, 3.8) is 0 Å². The van der Waals surface area contributed by atoms with Gasteiger partial charge in [-0.1, -0.05) is 30.3 Å². The minimum atomic E-state index is 0.0255. The smallest absolute Gasteiger partial charge is 0.229 e. The number of hydrogen-bond donors (Lipinski definition) is 1. The highest BCUT2D eigenvalue weighted by Gasteiger charge is 2.26. The van der Waals surface area contributed by atoms with E-state index < -0.39 is 0 Å². The molecular weight excluding hydrogens is 422 g/mol. The number of anilines is 1. The number of hydrogen-bond acceptors (Lipinski definition) is 5. The number of fused-ring (bicyclic) bond motifs is 2. The Morgan fingerprint density at radius 2 is 1.97 bits per heavy atom. The zero-order valence-corrected chi connectivity index (χ0v) is 19.6. The molecule has 0 radical (unpaired) electrons. The molecular formula is C25H25N3OS2. The normalized spacial score (nSPS) is 14.0. The monoisotopic (exact) mass is 447 g/mol. The van der Waals surface area contributed by atoms with E-state index in [0.29, 0.717) is 6.42 Å². The van der Waals surface area contributed by atoms with Gasteiger partial charge in [0.15, 0.2) is 0 Å². The van der Waals surface area contributed by atoms with E-state index >= 15 is 0 Å². The predicted octanol–water partition coefficient (Wildman–Crippen LogP) is 5.81. The number of amides is 1. The number of nitrogens with zero attached hydrogens (tertiary/aromatic N) is 2. The van der Waals surface area contributed by atoms with Gasteiger partial charge in [0, 0.05) is 23.5 Å². The molecule has 0 saturated carbocycles. The summed E-state index contributed by atoms with van der Waals surface area (Å²) in [6.45, 7) is 6.13. The quantitative estimate of drug-likeness (QED) is 0.429. The molecule has 0 aliphatic carbocycles. The Morgan fingerprint density at radius 1 is 1.13 bits per heavy atom. The van der Waals surface area contributed by atoms with E-state index in [2.05, 4.69) is 61.4 Å². The van der Waals surface area contributed by atoms with Gasteiger partial charge in [-0.05, 0) is 61.7 Å². The number of carbonyl (C=O) groups excluding carboxylic acids is 1. The summed E-state index contributed by atoms with van der Waals surface area (Å²) in [6, 6.07) is 14.5. The lowest BCUT2D eigenvalue weighted by Gasteiger charge is -2.22. The van der Waals surface area contributed by atoms with Crippen LogP contribution in [0.3, 0.4) is 0 Å². The summed E-state index contributed by atoms with van der Waals surface area (Å²) in [5.41, 5.74) is 7.00. The molecule has 3 heterocycles. The van der Waals surface area contributed by atoms with Crippen LogP contribution < -0.4 is 5.32 Å². The number of thiazole rings is 1. The maximum atomic E-state index is 13.0. The van der Waals surface area contributed by atoms with Crippen LogP contribution in [0.5, 0.6) is 0 Å². The molecule has 1 amide bonds. The molecule has 0 saturated heterocycles. The summed E-state index contributed by atoms with van der Waals surface area (Å²) < 4.78 is 1.18. The summed E-state index contributed by atoms with van der Waals surface area (Å²) in [5, 5.41) is 5.18. The van der Waals surface area contributed by atoms with Crippen molar-refractivity contribution in [2.75, 3.05) is 18.9 Å². The van der Waals surface area contributed by atoms with E-state index in [-0.39, 0.29) is 5.91 Å². The lowest BCUT2D eigenvalue weighted by atomic mass is 10.0. The summed E-state index contributed by atoms with van der Waals surface area (Å²) in [5.74, 6) is 0.0255. The van der Waals surface area contributed by atoms with Crippen molar-refractivity contribution in [3.8, 4) is 10.6 Å². The molecule has 0 spiro atoms. The van der Waals surface area contributed by atoms with Gasteiger partial charge in [-0.25, -0.2) is 4.98 Å². The van der Waals surface area contributed by atoms with Crippen molar-refractivity contribution in [1.82, 2.24) is 9.88 Å². The van der Waals surface area contributed by atoms with E-state index in [9.17, 15) is 4.79 Å². The van der Waals surface area contributed by atoms with Crippen molar-refractivity contribution in [3.05, 3.63) is 69.6 Å². The van der Waals surface area contributed by atoms with Gasteiger partial charge in [-0.3, -0.25) is 4.79 Å². The number of thiophene rings is 1. The SMILES string of the molecule is Cc1ccc(CC(=O)Nc2sc3c(c2-c2nc4ccccc4s2)CCN(C)C3)cc1C. The highest BCUT2D eigenvalue weighted by molar-refractivity contribution is 7.22. The summed E-state index contributed by atoms with van der Waals surface area (Å²) >= 11 is 3.42. The molecule has 158 valence electrons. The Hall–Kier alpha value is -2.54. The van der Waals surface area contributed by atoms with E-state index in [0.717, 1.165) is 46.2 Å². The van der Waals surface area contributed by atoms with Gasteiger partial charge in [0.25, 0.3) is 0 Å². The summed E-state index contributed by atoms with van der Waals surface area (Å²) in [7, 11) is 2.15. The lowest BCUT2D eigenvalue weighted by Crippen LogP contribution is -2.25. The minimum Gasteiger partial charge on any atom is -0.317 e. The number of carbonyl (C=O) groups is 1. The van der Waals surface area contributed by atoms with Gasteiger partial charge < -0.3 is 10.2 Å². The number of benzene rings is 2. The predicted molar refractivity (Wildman–Crippen MR) is 131 cm³/mol. The van der Waals surface area contributed by atoms with Gasteiger partial charge in [0.2, 0.25) is 5.91 Å². The Bertz CT molecular complexity index is 1250. The Morgan fingerprint density at radius 3 is 2.77 bits per heavy atom. The highest BCUT2D eigenvalue weighted by atomic mass is 32.1. The second kappa shape index (κ2) is 8.19. The van der Waals surface area contributed by atoms with Gasteiger partial charge in [0.05, 0.1) is 16.6 Å². The average molecular weight is 448 g/mol. The molecule has 31 heavy (non-hydrogen) atoms. The first kappa shape index (κ1) is 20.4. The number of nitrogens with one attached hydrogen (secondary N) is 1. The van der Waals surface area contributed by atoms with Crippen molar-refractivity contribution in [1.29, 1.82) is 0 Å². The maximum absolute atomic E-state index is 13.0. The fourth-order valence-electron chi connectivity index (χ4n) is 4.09. The molecule has 5 rings (SSSR count). The first-order valence-corrected chi connectivity index (χ1v) is 12.2. The van der Waals surface area contributed by atoms with Gasteiger partial charge in [-0.2, -0.15) is 0 Å². The standard InChI is InChI=1S/C25H25N3OS2/c1-15-8-9-17(12-16(15)2)13-22(29)27-25-23(18-10-11-28(3)14-21(18)31-25)24-26-19-6-4-5-7-20(19)30-24/h4-9,12H,10-11,13-14H2,1-3H3,(H,27,29). The number of likely N-dealkylation sites (N-methyl/N-ethyl adjacent to an activating group) is 1. The molecule has 2 aromatic heterocycles. The fourth-order valence-corrected chi connectivity index (χ4v) is 6.55. The van der Waals surface area contributed by atoms with Crippen LogP contribution in [-0.2, 0) is 24.2 Å². The topological polar surface area (TPSA) is 45.2 Å². The Labute approximate surface area is 190 Å². The van der Waals surface area contributed by atoms with Crippen LogP contribution in [0.25, 0.3) is 20.8 Å². The highest BCUT2D eigenvalue weighted by Crippen LogP contribution is 2.45. The number of aromatic nitrogens is 1. The molecule has 2 aromatic carbocycles. The number of aryl methyl sites for hydroxylation is 2. The molecule has 0 fully saturated rings. The molecule has 1 aliphatic heterocycles. The van der Waals surface area contributed by atoms with Crippen LogP contribution in [0.4, 0.5) is 5.00 Å². The first-order chi connectivity index (χ1) is 15.0. The molecule has 4 nitrogen and oxygen atoms in total. The fraction of sp³-hybridized carbons (Fsp3) is 0.280. The van der Waals surface area contributed by atoms with Crippen LogP contribution in [-0.4, -0.2) is 29.4 Å². The van der Waals surface area contributed by atoms with Gasteiger partial charge >= 0.3 is 0 Å². The van der Waals surface area contributed by atoms with Crippen LogP contribution in [0.2, 0.25) is 0 Å². The zero-order chi connectivity index (χ0) is 21.5. The number of para-hydroxylation sites is 1. The average Bonchev–Trinajstić information content (AvgIpc) is 3.30. The molecule has 0 atom stereocenters. The third-order valence-electron chi connectivity index (χ3n) is 5.94. The van der Waals surface area contributed by atoms with Crippen molar-refractivity contribution in [2.45, 2.75) is 33.2 Å². The maximum Gasteiger partial charge on any atom is 0.229 e. The largest absolute Gasteiger partial charge is 0.317 e. The molecule has 6 heteroatoms. The first-order valence-electron chi connectivity index (χ1n) is 10.5. The van der Waals surface area contributed by atoms with Crippen LogP contribution >= 0.6 is 22.7 Å². The van der Waals surface area contributed by atoms with E-state index in [1.807, 2.05) is 12.1 Å². The van der Waals surface area contributed by atoms with Gasteiger partial charge in [-0.15, -0.1) is 22.7 Å². The van der Waals surface area contributed by atoms with Crippen molar-refractivity contribution < 1.29 is 4.79 Å². The molecule has 4 aromatic rings. The van der Waals surface area contributed by atoms with Crippen LogP contribution in [0, 0.1) is 13.8 Å². The van der Waals surface area contributed by atoms with Crippen molar-refractivity contribution in [2.24, 2.45) is 0 Å². The third-order valence-corrected chi connectivity index (χ3v) is 8.13. The zero-order valence-electron chi connectivity index (χ0n) is 18.0. The third kappa shape index (κ3) is 4.03. The molecule has 0 bridgehead atoms. The lowest BCUT2D eigenvalue weighted by molar-refractivity contribution is -0.115. The Kier molecular flexibility index (Phi) is 5.38. The van der Waals surface area contributed by atoms with E-state index in [1.165, 1.54) is 26.3 Å². The van der Waals surface area contributed by atoms with Crippen LogP contribution in [0.15, 0.2) is 42.5 Å². The van der Waals surface area contributed by atoms with Crippen LogP contribution in [0.1, 0.15) is 27.1 Å². The van der Waals surface area contributed by atoms with Crippen molar-refractivity contribution >= 4 is 43.8 Å². The van der Waals surface area contributed by atoms with E-state index in [1.54, 1.807) is 22.7 Å². The van der Waals surface area contributed by atoms with E-state index in [4.69, 9.17) is 4.98 Å². The summed E-state index contributed by atoms with van der Waals surface area (Å²) in [6.07, 6.45) is 1.36. The number of rotatable bonds is 4. The molecule has 1 N–H and O–H groups in total. The Balaban J connectivity index is 1.50. The minimum absolute atomic E-state index is 0.0255. The second-order valence-corrected chi connectivity index (χ2v) is 10.5. The molecule has 0 unspecified atom stereocenters. The van der Waals surface area contributed by atoms with Gasteiger partial charge in [0.1, 0.15) is 10.0 Å². The molecule has 1 aliphatic rings. The summed E-state index contributed by atoms with van der Waals surface area (Å²) in [4.78, 5) is 21.6. The second-order valence-electron chi connectivity index (χ2n) is 8.33.